The summed E-state index contributed by atoms with van der Waals surface area (Å²) in [5.41, 5.74) is 0. The van der Waals surface area contributed by atoms with Gasteiger partial charge in [0, 0.05) is 12.6 Å². The van der Waals surface area contributed by atoms with Crippen LogP contribution in [0, 0.1) is 5.92 Å². The van der Waals surface area contributed by atoms with E-state index in [1.165, 1.54) is 32.1 Å². The molecular formula is C13H27NO. The lowest BCUT2D eigenvalue weighted by atomic mass is 10.1. The highest BCUT2D eigenvalue weighted by Gasteiger charge is 2.24. The van der Waals surface area contributed by atoms with Gasteiger partial charge in [-0.1, -0.05) is 27.2 Å². The number of nitrogens with one attached hydrogen (secondary N) is 1. The van der Waals surface area contributed by atoms with Crippen molar-refractivity contribution < 1.29 is 4.74 Å². The quantitative estimate of drug-likeness (QED) is 0.702. The third-order valence-electron chi connectivity index (χ3n) is 3.28. The van der Waals surface area contributed by atoms with E-state index in [0.717, 1.165) is 19.1 Å². The predicted octanol–water partition coefficient (Wildman–Crippen LogP) is 2.97. The van der Waals surface area contributed by atoms with E-state index in [-0.39, 0.29) is 0 Å². The maximum absolute atomic E-state index is 5.95. The Morgan fingerprint density at radius 3 is 2.80 bits per heavy atom. The van der Waals surface area contributed by atoms with E-state index in [4.69, 9.17) is 4.74 Å². The molecule has 0 aromatic heterocycles. The van der Waals surface area contributed by atoms with Gasteiger partial charge in [0.1, 0.15) is 0 Å². The minimum Gasteiger partial charge on any atom is -0.378 e. The zero-order valence-corrected chi connectivity index (χ0v) is 10.6. The Balaban J connectivity index is 2.08. The molecular weight excluding hydrogens is 186 g/mol. The molecule has 1 aliphatic carbocycles. The van der Waals surface area contributed by atoms with Gasteiger partial charge in [-0.2, -0.15) is 0 Å². The summed E-state index contributed by atoms with van der Waals surface area (Å²) in [4.78, 5) is 0. The Morgan fingerprint density at radius 1 is 1.33 bits per heavy atom. The lowest BCUT2D eigenvalue weighted by Gasteiger charge is -2.16. The Morgan fingerprint density at radius 2 is 2.13 bits per heavy atom. The first-order chi connectivity index (χ1) is 7.26. The predicted molar refractivity (Wildman–Crippen MR) is 65.1 cm³/mol. The Bertz CT molecular complexity index is 161. The summed E-state index contributed by atoms with van der Waals surface area (Å²) in [6, 6.07) is 0.710. The van der Waals surface area contributed by atoms with Crippen LogP contribution in [-0.2, 0) is 4.74 Å². The second-order valence-electron chi connectivity index (χ2n) is 4.92. The minimum absolute atomic E-state index is 0.522. The van der Waals surface area contributed by atoms with Gasteiger partial charge in [-0.05, 0) is 38.1 Å². The summed E-state index contributed by atoms with van der Waals surface area (Å²) in [5, 5.41) is 3.51. The molecule has 0 aromatic carbocycles. The fourth-order valence-electron chi connectivity index (χ4n) is 2.44. The van der Waals surface area contributed by atoms with Crippen LogP contribution >= 0.6 is 0 Å². The maximum atomic E-state index is 5.95. The second kappa shape index (κ2) is 7.24. The normalized spacial score (nSPS) is 28.2. The zero-order valence-electron chi connectivity index (χ0n) is 10.6. The highest BCUT2D eigenvalue weighted by Crippen LogP contribution is 2.22. The van der Waals surface area contributed by atoms with Gasteiger partial charge in [0.2, 0.25) is 0 Å². The molecule has 1 fully saturated rings. The van der Waals surface area contributed by atoms with Crippen molar-refractivity contribution in [3.8, 4) is 0 Å². The molecule has 1 rings (SSSR count). The van der Waals surface area contributed by atoms with Crippen molar-refractivity contribution >= 4 is 0 Å². The molecule has 1 saturated carbocycles. The van der Waals surface area contributed by atoms with Crippen LogP contribution in [0.15, 0.2) is 0 Å². The van der Waals surface area contributed by atoms with Crippen molar-refractivity contribution in [3.63, 3.8) is 0 Å². The molecule has 3 atom stereocenters. The third kappa shape index (κ3) is 4.98. The van der Waals surface area contributed by atoms with E-state index in [0.29, 0.717) is 12.1 Å². The van der Waals surface area contributed by atoms with E-state index in [1.54, 1.807) is 0 Å². The highest BCUT2D eigenvalue weighted by molar-refractivity contribution is 4.80. The molecule has 2 nitrogen and oxygen atoms in total. The maximum Gasteiger partial charge on any atom is 0.0590 e. The van der Waals surface area contributed by atoms with Crippen LogP contribution < -0.4 is 5.32 Å². The molecule has 3 unspecified atom stereocenters. The van der Waals surface area contributed by atoms with Crippen LogP contribution in [0.25, 0.3) is 0 Å². The molecule has 15 heavy (non-hydrogen) atoms. The molecule has 0 spiro atoms. The SMILES string of the molecule is CCCC(C)COC1CCC(NCC)C1. The number of ether oxygens (including phenoxy) is 1. The van der Waals surface area contributed by atoms with Gasteiger partial charge < -0.3 is 10.1 Å². The van der Waals surface area contributed by atoms with Crippen molar-refractivity contribution in [2.24, 2.45) is 5.92 Å². The van der Waals surface area contributed by atoms with Gasteiger partial charge >= 0.3 is 0 Å². The lowest BCUT2D eigenvalue weighted by molar-refractivity contribution is 0.0340. The van der Waals surface area contributed by atoms with Crippen molar-refractivity contribution in [2.45, 2.75) is 65.0 Å². The number of hydrogen-bond acceptors (Lipinski definition) is 2. The van der Waals surface area contributed by atoms with Crippen LogP contribution in [0.4, 0.5) is 0 Å². The summed E-state index contributed by atoms with van der Waals surface area (Å²) < 4.78 is 5.95. The number of rotatable bonds is 7. The summed E-state index contributed by atoms with van der Waals surface area (Å²) in [6.07, 6.45) is 6.84. The zero-order chi connectivity index (χ0) is 11.1. The molecule has 0 bridgehead atoms. The fourth-order valence-corrected chi connectivity index (χ4v) is 2.44. The third-order valence-corrected chi connectivity index (χ3v) is 3.28. The molecule has 0 aromatic rings. The Labute approximate surface area is 94.8 Å². The van der Waals surface area contributed by atoms with Crippen LogP contribution in [0.2, 0.25) is 0 Å². The summed E-state index contributed by atoms with van der Waals surface area (Å²) in [7, 11) is 0. The van der Waals surface area contributed by atoms with Gasteiger partial charge in [0.15, 0.2) is 0 Å². The monoisotopic (exact) mass is 213 g/mol. The molecule has 0 radical (unpaired) electrons. The lowest BCUT2D eigenvalue weighted by Crippen LogP contribution is -2.27. The molecule has 2 heteroatoms. The average Bonchev–Trinajstić information content (AvgIpc) is 2.64. The summed E-state index contributed by atoms with van der Waals surface area (Å²) >= 11 is 0. The van der Waals surface area contributed by atoms with Crippen molar-refractivity contribution in [3.05, 3.63) is 0 Å². The van der Waals surface area contributed by atoms with Gasteiger partial charge in [0.05, 0.1) is 6.10 Å². The van der Waals surface area contributed by atoms with Gasteiger partial charge in [-0.15, -0.1) is 0 Å². The first kappa shape index (κ1) is 13.0. The van der Waals surface area contributed by atoms with Crippen LogP contribution in [-0.4, -0.2) is 25.3 Å². The Hall–Kier alpha value is -0.0800. The molecule has 90 valence electrons. The van der Waals surface area contributed by atoms with E-state index >= 15 is 0 Å². The molecule has 0 saturated heterocycles. The van der Waals surface area contributed by atoms with Crippen LogP contribution in [0.3, 0.4) is 0 Å². The van der Waals surface area contributed by atoms with Crippen molar-refractivity contribution in [1.82, 2.24) is 5.32 Å². The highest BCUT2D eigenvalue weighted by atomic mass is 16.5. The van der Waals surface area contributed by atoms with Gasteiger partial charge in [0.25, 0.3) is 0 Å². The first-order valence-corrected chi connectivity index (χ1v) is 6.61. The van der Waals surface area contributed by atoms with Gasteiger partial charge in [-0.25, -0.2) is 0 Å². The molecule has 1 N–H and O–H groups in total. The smallest absolute Gasteiger partial charge is 0.0590 e. The van der Waals surface area contributed by atoms with Crippen molar-refractivity contribution in [2.75, 3.05) is 13.2 Å². The molecule has 0 heterocycles. The second-order valence-corrected chi connectivity index (χ2v) is 4.92. The van der Waals surface area contributed by atoms with Crippen LogP contribution in [0.5, 0.6) is 0 Å². The van der Waals surface area contributed by atoms with Crippen LogP contribution in [0.1, 0.15) is 52.9 Å². The van der Waals surface area contributed by atoms with Gasteiger partial charge in [-0.3, -0.25) is 0 Å². The van der Waals surface area contributed by atoms with E-state index in [1.807, 2.05) is 0 Å². The molecule has 0 aliphatic heterocycles. The average molecular weight is 213 g/mol. The Kier molecular flexibility index (Phi) is 6.26. The summed E-state index contributed by atoms with van der Waals surface area (Å²) in [6.45, 7) is 8.76. The molecule has 0 amide bonds. The fraction of sp³-hybridized carbons (Fsp3) is 1.00. The summed E-state index contributed by atoms with van der Waals surface area (Å²) in [5.74, 6) is 0.730. The van der Waals surface area contributed by atoms with Crippen molar-refractivity contribution in [1.29, 1.82) is 0 Å². The minimum atomic E-state index is 0.522. The number of hydrogen-bond donors (Lipinski definition) is 1. The largest absolute Gasteiger partial charge is 0.378 e. The van der Waals surface area contributed by atoms with E-state index < -0.39 is 0 Å². The topological polar surface area (TPSA) is 21.3 Å². The molecule has 1 aliphatic rings. The van der Waals surface area contributed by atoms with E-state index in [2.05, 4.69) is 26.1 Å². The van der Waals surface area contributed by atoms with E-state index in [9.17, 15) is 0 Å². The first-order valence-electron chi connectivity index (χ1n) is 6.61. The standard InChI is InChI=1S/C13H27NO/c1-4-6-11(3)10-15-13-8-7-12(9-13)14-5-2/h11-14H,4-10H2,1-3H3.